The second-order valence-corrected chi connectivity index (χ2v) is 6.01. The molecule has 0 unspecified atom stereocenters. The number of aromatic nitrogens is 2. The van der Waals surface area contributed by atoms with Crippen molar-refractivity contribution in [3.05, 3.63) is 88.7 Å². The van der Waals surface area contributed by atoms with Crippen LogP contribution in [0.3, 0.4) is 0 Å². The smallest absolute Gasteiger partial charge is 0.259 e. The van der Waals surface area contributed by atoms with Crippen molar-refractivity contribution in [1.82, 2.24) is 9.78 Å². The van der Waals surface area contributed by atoms with Gasteiger partial charge in [0.25, 0.3) is 5.91 Å². The van der Waals surface area contributed by atoms with Crippen molar-refractivity contribution in [2.24, 2.45) is 0 Å². The molecule has 0 fully saturated rings. The summed E-state index contributed by atoms with van der Waals surface area (Å²) in [6.45, 7) is 6.04. The SMILES string of the molecule is CCc1c(C)nn(C(=O)C(c2ccccc2)c2ccccc2)c1C. The van der Waals surface area contributed by atoms with Crippen LogP contribution in [0.4, 0.5) is 0 Å². The van der Waals surface area contributed by atoms with Gasteiger partial charge in [-0.25, -0.2) is 4.68 Å². The number of rotatable bonds is 4. The summed E-state index contributed by atoms with van der Waals surface area (Å²) >= 11 is 0. The average Bonchev–Trinajstić information content (AvgIpc) is 2.91. The fourth-order valence-electron chi connectivity index (χ4n) is 3.29. The van der Waals surface area contributed by atoms with E-state index in [-0.39, 0.29) is 11.8 Å². The molecule has 0 aliphatic carbocycles. The van der Waals surface area contributed by atoms with Crippen LogP contribution in [0.15, 0.2) is 60.7 Å². The molecule has 122 valence electrons. The van der Waals surface area contributed by atoms with Crippen molar-refractivity contribution in [3.63, 3.8) is 0 Å². The Morgan fingerprint density at radius 2 is 1.46 bits per heavy atom. The number of hydrogen-bond acceptors (Lipinski definition) is 2. The largest absolute Gasteiger partial charge is 0.271 e. The lowest BCUT2D eigenvalue weighted by Gasteiger charge is -2.17. The molecule has 3 nitrogen and oxygen atoms in total. The fraction of sp³-hybridized carbons (Fsp3) is 0.238. The minimum absolute atomic E-state index is 0.00676. The van der Waals surface area contributed by atoms with Gasteiger partial charge in [-0.2, -0.15) is 5.10 Å². The number of benzene rings is 2. The van der Waals surface area contributed by atoms with Crippen molar-refractivity contribution in [2.45, 2.75) is 33.1 Å². The van der Waals surface area contributed by atoms with E-state index in [0.29, 0.717) is 0 Å². The molecule has 0 spiro atoms. The maximum atomic E-state index is 13.3. The first-order chi connectivity index (χ1) is 11.6. The minimum Gasteiger partial charge on any atom is -0.271 e. The Morgan fingerprint density at radius 3 is 1.88 bits per heavy atom. The Bertz CT molecular complexity index is 796. The third kappa shape index (κ3) is 2.90. The van der Waals surface area contributed by atoms with Gasteiger partial charge in [-0.15, -0.1) is 0 Å². The number of nitrogens with zero attached hydrogens (tertiary/aromatic N) is 2. The van der Waals surface area contributed by atoms with Gasteiger partial charge in [-0.1, -0.05) is 67.6 Å². The van der Waals surface area contributed by atoms with E-state index in [1.807, 2.05) is 74.5 Å². The number of aryl methyl sites for hydroxylation is 1. The first-order valence-corrected chi connectivity index (χ1v) is 8.32. The van der Waals surface area contributed by atoms with Crippen molar-refractivity contribution in [2.75, 3.05) is 0 Å². The van der Waals surface area contributed by atoms with Crippen molar-refractivity contribution in [1.29, 1.82) is 0 Å². The third-order valence-electron chi connectivity index (χ3n) is 4.52. The summed E-state index contributed by atoms with van der Waals surface area (Å²) in [6.07, 6.45) is 0.881. The maximum Gasteiger partial charge on any atom is 0.259 e. The molecule has 3 aromatic rings. The Hall–Kier alpha value is -2.68. The Labute approximate surface area is 143 Å². The zero-order chi connectivity index (χ0) is 17.1. The van der Waals surface area contributed by atoms with Gasteiger partial charge in [0.2, 0.25) is 0 Å². The highest BCUT2D eigenvalue weighted by atomic mass is 16.2. The van der Waals surface area contributed by atoms with Crippen molar-refractivity contribution < 1.29 is 4.79 Å². The summed E-state index contributed by atoms with van der Waals surface area (Å²) in [5.74, 6) is -0.359. The molecule has 3 rings (SSSR count). The first-order valence-electron chi connectivity index (χ1n) is 8.32. The average molecular weight is 318 g/mol. The molecule has 1 heterocycles. The summed E-state index contributed by atoms with van der Waals surface area (Å²) in [5.41, 5.74) is 5.00. The van der Waals surface area contributed by atoms with Gasteiger partial charge in [-0.05, 0) is 37.0 Å². The quantitative estimate of drug-likeness (QED) is 0.708. The number of carbonyl (C=O) groups is 1. The second-order valence-electron chi connectivity index (χ2n) is 6.01. The number of hydrogen-bond donors (Lipinski definition) is 0. The van der Waals surface area contributed by atoms with E-state index in [1.165, 1.54) is 0 Å². The van der Waals surface area contributed by atoms with Crippen molar-refractivity contribution in [3.8, 4) is 0 Å². The standard InChI is InChI=1S/C21H22N2O/c1-4-19-15(2)22-23(16(19)3)21(24)20(17-11-7-5-8-12-17)18-13-9-6-10-14-18/h5-14,20H,4H2,1-3H3. The van der Waals surface area contributed by atoms with E-state index < -0.39 is 0 Å². The predicted octanol–water partition coefficient (Wildman–Crippen LogP) is 4.53. The van der Waals surface area contributed by atoms with Crippen molar-refractivity contribution >= 4 is 5.91 Å². The lowest BCUT2D eigenvalue weighted by molar-refractivity contribution is 0.0874. The van der Waals surface area contributed by atoms with Crippen LogP contribution in [-0.2, 0) is 6.42 Å². The first kappa shape index (κ1) is 16.2. The molecule has 0 bridgehead atoms. The summed E-state index contributed by atoms with van der Waals surface area (Å²) < 4.78 is 1.58. The predicted molar refractivity (Wildman–Crippen MR) is 96.4 cm³/mol. The highest BCUT2D eigenvalue weighted by molar-refractivity contribution is 5.89. The van der Waals surface area contributed by atoms with E-state index in [1.54, 1.807) is 4.68 Å². The lowest BCUT2D eigenvalue weighted by Crippen LogP contribution is -2.23. The van der Waals surface area contributed by atoms with Gasteiger partial charge < -0.3 is 0 Å². The normalized spacial score (nSPS) is 11.0. The highest BCUT2D eigenvalue weighted by Gasteiger charge is 2.27. The molecule has 0 radical (unpaired) electrons. The molecular weight excluding hydrogens is 296 g/mol. The number of carbonyl (C=O) groups excluding carboxylic acids is 1. The molecule has 0 aliphatic heterocycles. The molecule has 0 atom stereocenters. The summed E-state index contributed by atoms with van der Waals surface area (Å²) in [6, 6.07) is 19.8. The summed E-state index contributed by atoms with van der Waals surface area (Å²) in [7, 11) is 0. The third-order valence-corrected chi connectivity index (χ3v) is 4.52. The topological polar surface area (TPSA) is 34.9 Å². The van der Waals surface area contributed by atoms with Crippen LogP contribution in [0.25, 0.3) is 0 Å². The molecule has 0 saturated carbocycles. The Balaban J connectivity index is 2.11. The van der Waals surface area contributed by atoms with Crippen LogP contribution in [0.2, 0.25) is 0 Å². The lowest BCUT2D eigenvalue weighted by atomic mass is 9.90. The zero-order valence-corrected chi connectivity index (χ0v) is 14.4. The van der Waals surface area contributed by atoms with Gasteiger partial charge in [0.1, 0.15) is 0 Å². The van der Waals surface area contributed by atoms with Crippen LogP contribution >= 0.6 is 0 Å². The molecule has 24 heavy (non-hydrogen) atoms. The van der Waals surface area contributed by atoms with E-state index >= 15 is 0 Å². The molecule has 1 aromatic heterocycles. The second kappa shape index (κ2) is 6.83. The summed E-state index contributed by atoms with van der Waals surface area (Å²) in [4.78, 5) is 13.3. The fourth-order valence-corrected chi connectivity index (χ4v) is 3.29. The van der Waals surface area contributed by atoms with Crippen LogP contribution < -0.4 is 0 Å². The van der Waals surface area contributed by atoms with E-state index in [9.17, 15) is 4.79 Å². The van der Waals surface area contributed by atoms with E-state index in [0.717, 1.165) is 34.5 Å². The van der Waals surface area contributed by atoms with Gasteiger partial charge in [-0.3, -0.25) is 4.79 Å². The van der Waals surface area contributed by atoms with Crippen LogP contribution in [0.5, 0.6) is 0 Å². The molecule has 3 heteroatoms. The molecule has 0 saturated heterocycles. The van der Waals surface area contributed by atoms with E-state index in [2.05, 4.69) is 12.0 Å². The van der Waals surface area contributed by atoms with Gasteiger partial charge >= 0.3 is 0 Å². The van der Waals surface area contributed by atoms with E-state index in [4.69, 9.17) is 0 Å². The van der Waals surface area contributed by atoms with Gasteiger partial charge in [0.05, 0.1) is 11.6 Å². The van der Waals surface area contributed by atoms with Gasteiger partial charge in [0, 0.05) is 5.69 Å². The molecule has 0 amide bonds. The highest BCUT2D eigenvalue weighted by Crippen LogP contribution is 2.27. The zero-order valence-electron chi connectivity index (χ0n) is 14.4. The molecule has 2 aromatic carbocycles. The molecule has 0 aliphatic rings. The monoisotopic (exact) mass is 318 g/mol. The summed E-state index contributed by atoms with van der Waals surface area (Å²) in [5, 5.41) is 4.52. The molecule has 0 N–H and O–H groups in total. The molecular formula is C21H22N2O. The van der Waals surface area contributed by atoms with Gasteiger partial charge in [0.15, 0.2) is 0 Å². The van der Waals surface area contributed by atoms with Crippen LogP contribution in [0.1, 0.15) is 45.7 Å². The van der Waals surface area contributed by atoms with Crippen LogP contribution in [-0.4, -0.2) is 15.7 Å². The maximum absolute atomic E-state index is 13.3. The minimum atomic E-state index is -0.352. The Kier molecular flexibility index (Phi) is 4.61. The van der Waals surface area contributed by atoms with Crippen LogP contribution in [0, 0.1) is 13.8 Å². The Morgan fingerprint density at radius 1 is 0.958 bits per heavy atom.